The second kappa shape index (κ2) is 10.6. The Kier molecular flexibility index (Phi) is 6.07. The highest BCUT2D eigenvalue weighted by atomic mass is 32.1. The van der Waals surface area contributed by atoms with Gasteiger partial charge in [-0.1, -0.05) is 66.7 Å². The molecule has 0 saturated carbocycles. The molecule has 6 nitrogen and oxygen atoms in total. The zero-order valence-corrected chi connectivity index (χ0v) is 26.0. The highest BCUT2D eigenvalue weighted by molar-refractivity contribution is 7.25. The number of nitriles is 3. The van der Waals surface area contributed by atoms with Crippen molar-refractivity contribution in [2.75, 3.05) is 0 Å². The number of thiophene rings is 1. The molecule has 0 unspecified atom stereocenters. The van der Waals surface area contributed by atoms with Gasteiger partial charge in [0.25, 0.3) is 0 Å². The van der Waals surface area contributed by atoms with Gasteiger partial charge in [0.15, 0.2) is 5.82 Å². The highest BCUT2D eigenvalue weighted by Gasteiger charge is 2.20. The maximum atomic E-state index is 10.6. The molecule has 0 N–H and O–H groups in total. The molecule has 3 aromatic heterocycles. The number of para-hydroxylation sites is 1. The molecular weight excluding hydrogens is 609 g/mol. The highest BCUT2D eigenvalue weighted by Crippen LogP contribution is 2.41. The number of aromatic nitrogens is 3. The molecule has 220 valence electrons. The average Bonchev–Trinajstić information content (AvgIpc) is 3.67. The summed E-state index contributed by atoms with van der Waals surface area (Å²) in [7, 11) is 0. The molecule has 0 aliphatic rings. The number of hydrogen-bond acceptors (Lipinski definition) is 6. The number of nitrogens with zero attached hydrogens (tertiary/aromatic N) is 6. The van der Waals surface area contributed by atoms with Crippen molar-refractivity contribution in [3.63, 3.8) is 0 Å². The predicted octanol–water partition coefficient (Wildman–Crippen LogP) is 10.0. The number of rotatable bonds is 3. The lowest BCUT2D eigenvalue weighted by Gasteiger charge is -2.14. The smallest absolute Gasteiger partial charge is 0.160 e. The van der Waals surface area contributed by atoms with Crippen molar-refractivity contribution in [2.24, 2.45) is 0 Å². The van der Waals surface area contributed by atoms with E-state index in [1.807, 2.05) is 54.6 Å². The van der Waals surface area contributed by atoms with Crippen LogP contribution in [0.4, 0.5) is 0 Å². The van der Waals surface area contributed by atoms with E-state index in [-0.39, 0.29) is 5.56 Å². The Hall–Kier alpha value is -6.85. The van der Waals surface area contributed by atoms with Crippen LogP contribution in [0.15, 0.2) is 121 Å². The van der Waals surface area contributed by atoms with Gasteiger partial charge >= 0.3 is 0 Å². The third kappa shape index (κ3) is 4.08. The van der Waals surface area contributed by atoms with Crippen LogP contribution in [0.3, 0.4) is 0 Å². The molecular formula is C41H20N6S. The van der Waals surface area contributed by atoms with E-state index in [1.165, 1.54) is 26.2 Å². The minimum Gasteiger partial charge on any atom is -0.309 e. The molecule has 0 saturated heterocycles. The molecule has 0 amide bonds. The van der Waals surface area contributed by atoms with Gasteiger partial charge in [-0.2, -0.15) is 15.8 Å². The summed E-state index contributed by atoms with van der Waals surface area (Å²) in [5.74, 6) is 0.432. The van der Waals surface area contributed by atoms with Gasteiger partial charge in [0.2, 0.25) is 0 Å². The summed E-state index contributed by atoms with van der Waals surface area (Å²) in [4.78, 5) is 9.74. The average molecular weight is 629 g/mol. The minimum atomic E-state index is 0.276. The SMILES string of the molecule is N#Cc1cc(C#N)c2nc(-c3ccccc3)nc(-c3ccc(-n4c5ccccc5c5cc6sc7ccccc7c6cc54)cc3C#N)c2c1. The third-order valence-corrected chi connectivity index (χ3v) is 10.0. The second-order valence-corrected chi connectivity index (χ2v) is 12.6. The Morgan fingerprint density at radius 2 is 1.31 bits per heavy atom. The lowest BCUT2D eigenvalue weighted by molar-refractivity contribution is 1.17. The van der Waals surface area contributed by atoms with E-state index >= 15 is 0 Å². The molecule has 0 aliphatic carbocycles. The summed E-state index contributed by atoms with van der Waals surface area (Å²) in [5, 5.41) is 35.7. The summed E-state index contributed by atoms with van der Waals surface area (Å²) in [6, 6.07) is 46.7. The largest absolute Gasteiger partial charge is 0.309 e. The van der Waals surface area contributed by atoms with Crippen LogP contribution in [-0.2, 0) is 0 Å². The van der Waals surface area contributed by atoms with E-state index < -0.39 is 0 Å². The fourth-order valence-electron chi connectivity index (χ4n) is 6.74. The molecule has 9 rings (SSSR count). The Balaban J connectivity index is 1.32. The lowest BCUT2D eigenvalue weighted by Crippen LogP contribution is -2.00. The fourth-order valence-corrected chi connectivity index (χ4v) is 7.87. The maximum absolute atomic E-state index is 10.6. The Bertz CT molecular complexity index is 2930. The van der Waals surface area contributed by atoms with Crippen LogP contribution in [0.2, 0.25) is 0 Å². The van der Waals surface area contributed by atoms with Crippen LogP contribution in [0, 0.1) is 34.0 Å². The van der Waals surface area contributed by atoms with Crippen LogP contribution < -0.4 is 0 Å². The van der Waals surface area contributed by atoms with E-state index in [0.29, 0.717) is 39.1 Å². The van der Waals surface area contributed by atoms with Gasteiger partial charge in [-0.05, 0) is 54.6 Å². The van der Waals surface area contributed by atoms with Crippen molar-refractivity contribution in [1.82, 2.24) is 14.5 Å². The van der Waals surface area contributed by atoms with Gasteiger partial charge in [-0.25, -0.2) is 9.97 Å². The predicted molar refractivity (Wildman–Crippen MR) is 192 cm³/mol. The second-order valence-electron chi connectivity index (χ2n) is 11.6. The summed E-state index contributed by atoms with van der Waals surface area (Å²) >= 11 is 1.80. The first-order chi connectivity index (χ1) is 23.6. The van der Waals surface area contributed by atoms with E-state index in [2.05, 4.69) is 77.4 Å². The standard InChI is InChI=1S/C41H20N6S/c42-21-24-16-27(23-44)39-34(17-24)40(46-41(45-39)25-8-2-1-3-9-25)29-15-14-28(18-26(29)22-43)47-35-12-6-4-10-30(35)32-20-38-33(19-36(32)47)31-11-5-7-13-37(31)48-38/h1-20H. The van der Waals surface area contributed by atoms with Crippen LogP contribution in [-0.4, -0.2) is 14.5 Å². The molecule has 48 heavy (non-hydrogen) atoms. The van der Waals surface area contributed by atoms with Crippen molar-refractivity contribution in [1.29, 1.82) is 15.8 Å². The summed E-state index contributed by atoms with van der Waals surface area (Å²) in [6.45, 7) is 0. The van der Waals surface area contributed by atoms with Crippen LogP contribution >= 0.6 is 11.3 Å². The molecule has 0 bridgehead atoms. The Morgan fingerprint density at radius 1 is 0.542 bits per heavy atom. The molecule has 6 aromatic carbocycles. The number of hydrogen-bond donors (Lipinski definition) is 0. The van der Waals surface area contributed by atoms with Gasteiger partial charge < -0.3 is 4.57 Å². The number of benzene rings is 6. The summed E-state index contributed by atoms with van der Waals surface area (Å²) in [6.07, 6.45) is 0. The monoisotopic (exact) mass is 628 g/mol. The zero-order chi connectivity index (χ0) is 32.4. The molecule has 0 spiro atoms. The summed E-state index contributed by atoms with van der Waals surface area (Å²) < 4.78 is 4.70. The number of fused-ring (bicyclic) bond motifs is 7. The molecule has 3 heterocycles. The van der Waals surface area contributed by atoms with Gasteiger partial charge in [-0.15, -0.1) is 11.3 Å². The Labute approximate surface area is 278 Å². The van der Waals surface area contributed by atoms with Crippen molar-refractivity contribution >= 4 is 64.2 Å². The van der Waals surface area contributed by atoms with Gasteiger partial charge in [0.1, 0.15) is 6.07 Å². The zero-order valence-electron chi connectivity index (χ0n) is 25.1. The van der Waals surface area contributed by atoms with Crippen LogP contribution in [0.25, 0.3) is 81.2 Å². The van der Waals surface area contributed by atoms with Crippen LogP contribution in [0.1, 0.15) is 16.7 Å². The maximum Gasteiger partial charge on any atom is 0.160 e. The third-order valence-electron chi connectivity index (χ3n) is 8.89. The molecule has 9 aromatic rings. The summed E-state index contributed by atoms with van der Waals surface area (Å²) in [5.41, 5.74) is 6.26. The first-order valence-corrected chi connectivity index (χ1v) is 16.1. The molecule has 0 atom stereocenters. The van der Waals surface area contributed by atoms with Gasteiger partial charge in [-0.3, -0.25) is 0 Å². The van der Waals surface area contributed by atoms with Crippen molar-refractivity contribution in [3.05, 3.63) is 138 Å². The van der Waals surface area contributed by atoms with E-state index in [4.69, 9.17) is 9.97 Å². The lowest BCUT2D eigenvalue weighted by atomic mass is 9.97. The van der Waals surface area contributed by atoms with Gasteiger partial charge in [0, 0.05) is 53.1 Å². The minimum absolute atomic E-state index is 0.276. The first kappa shape index (κ1) is 27.5. The van der Waals surface area contributed by atoms with E-state index in [0.717, 1.165) is 33.1 Å². The first-order valence-electron chi connectivity index (χ1n) is 15.3. The van der Waals surface area contributed by atoms with Crippen molar-refractivity contribution < 1.29 is 0 Å². The van der Waals surface area contributed by atoms with E-state index in [9.17, 15) is 15.8 Å². The topological polar surface area (TPSA) is 102 Å². The van der Waals surface area contributed by atoms with Crippen molar-refractivity contribution in [3.8, 4) is 46.5 Å². The van der Waals surface area contributed by atoms with E-state index in [1.54, 1.807) is 17.4 Å². The molecule has 0 fully saturated rings. The quantitative estimate of drug-likeness (QED) is 0.194. The van der Waals surface area contributed by atoms with Crippen LogP contribution in [0.5, 0.6) is 0 Å². The normalized spacial score (nSPS) is 11.3. The van der Waals surface area contributed by atoms with Crippen molar-refractivity contribution in [2.45, 2.75) is 0 Å². The molecule has 0 aliphatic heterocycles. The fraction of sp³-hybridized carbons (Fsp3) is 0. The Morgan fingerprint density at radius 3 is 2.12 bits per heavy atom. The van der Waals surface area contributed by atoms with Gasteiger partial charge in [0.05, 0.1) is 51.1 Å². The molecule has 7 heteroatoms. The molecule has 0 radical (unpaired) electrons.